The van der Waals surface area contributed by atoms with Crippen LogP contribution in [0.2, 0.25) is 0 Å². The predicted octanol–water partition coefficient (Wildman–Crippen LogP) is 10.2. The molecule has 48 heavy (non-hydrogen) atoms. The predicted molar refractivity (Wildman–Crippen MR) is 204 cm³/mol. The third-order valence-electron chi connectivity index (χ3n) is 11.1. The summed E-state index contributed by atoms with van der Waals surface area (Å²) < 4.78 is 10.1. The molecule has 0 aromatic rings. The highest BCUT2D eigenvalue weighted by Gasteiger charge is 2.35. The minimum absolute atomic E-state index is 0.312. The number of esters is 2. The summed E-state index contributed by atoms with van der Waals surface area (Å²) in [5.74, 6) is 21.2. The number of rotatable bonds is 16. The van der Waals surface area contributed by atoms with Crippen LogP contribution in [0.3, 0.4) is 0 Å². The van der Waals surface area contributed by atoms with Crippen molar-refractivity contribution in [2.24, 2.45) is 35.5 Å². The summed E-state index contributed by atoms with van der Waals surface area (Å²) in [5.41, 5.74) is 0. The molecule has 0 saturated heterocycles. The Bertz CT molecular complexity index is 1020. The zero-order valence-corrected chi connectivity index (χ0v) is 31.2. The summed E-state index contributed by atoms with van der Waals surface area (Å²) in [4.78, 5) is 22.2. The first-order chi connectivity index (χ1) is 23.5. The van der Waals surface area contributed by atoms with Crippen LogP contribution >= 0.6 is 23.5 Å². The van der Waals surface area contributed by atoms with Crippen molar-refractivity contribution in [2.75, 3.05) is 24.7 Å². The summed E-state index contributed by atoms with van der Waals surface area (Å²) in [6.07, 6.45) is 27.4. The molecule has 0 bridgehead atoms. The van der Waals surface area contributed by atoms with Gasteiger partial charge in [-0.25, -0.2) is 9.59 Å². The average Bonchev–Trinajstić information content (AvgIpc) is 3.12. The van der Waals surface area contributed by atoms with Crippen LogP contribution in [0, 0.1) is 59.2 Å². The maximum atomic E-state index is 11.1. The Morgan fingerprint density at radius 3 is 1.29 bits per heavy atom. The topological polar surface area (TPSA) is 52.6 Å². The number of carbonyl (C=O) groups excluding carboxylic acids is 2. The molecule has 4 rings (SSSR count). The normalized spacial score (nSPS) is 29.9. The highest BCUT2D eigenvalue weighted by molar-refractivity contribution is 8.00. The van der Waals surface area contributed by atoms with Crippen molar-refractivity contribution in [3.8, 4) is 23.7 Å². The van der Waals surface area contributed by atoms with Crippen LogP contribution in [-0.4, -0.2) is 47.2 Å². The van der Waals surface area contributed by atoms with E-state index in [1.54, 1.807) is 0 Å². The highest BCUT2D eigenvalue weighted by Crippen LogP contribution is 2.45. The van der Waals surface area contributed by atoms with Crippen molar-refractivity contribution in [2.45, 2.75) is 139 Å². The fraction of sp³-hybridized carbons (Fsp3) is 0.762. The van der Waals surface area contributed by atoms with Crippen molar-refractivity contribution in [1.82, 2.24) is 0 Å². The van der Waals surface area contributed by atoms with Gasteiger partial charge in [0.1, 0.15) is 0 Å². The van der Waals surface area contributed by atoms with Gasteiger partial charge in [-0.05, 0) is 152 Å². The number of fused-ring (bicyclic) bond motifs is 1. The average molecular weight is 695 g/mol. The van der Waals surface area contributed by atoms with Crippen LogP contribution in [0.5, 0.6) is 0 Å². The van der Waals surface area contributed by atoms with Crippen molar-refractivity contribution in [1.29, 1.82) is 0 Å². The molecule has 0 aromatic heterocycles. The van der Waals surface area contributed by atoms with E-state index < -0.39 is 0 Å². The number of hydrogen-bond acceptors (Lipinski definition) is 6. The number of unbranched alkanes of at least 4 members (excludes halogenated alkanes) is 4. The lowest BCUT2D eigenvalue weighted by molar-refractivity contribution is -0.138. The summed E-state index contributed by atoms with van der Waals surface area (Å²) in [6.45, 7) is 7.90. The molecule has 0 spiro atoms. The van der Waals surface area contributed by atoms with E-state index in [4.69, 9.17) is 9.47 Å². The first kappa shape index (κ1) is 39.0. The van der Waals surface area contributed by atoms with Crippen molar-refractivity contribution in [3.05, 3.63) is 25.3 Å². The van der Waals surface area contributed by atoms with Gasteiger partial charge in [0.05, 0.1) is 13.2 Å². The van der Waals surface area contributed by atoms with Gasteiger partial charge in [-0.3, -0.25) is 0 Å². The molecule has 0 radical (unpaired) electrons. The fourth-order valence-electron chi connectivity index (χ4n) is 8.10. The first-order valence-corrected chi connectivity index (χ1v) is 21.5. The van der Waals surface area contributed by atoms with Gasteiger partial charge in [-0.2, -0.15) is 23.5 Å². The van der Waals surface area contributed by atoms with E-state index >= 15 is 0 Å². The van der Waals surface area contributed by atoms with Gasteiger partial charge in [0, 0.05) is 46.3 Å². The Morgan fingerprint density at radius 1 is 0.521 bits per heavy atom. The van der Waals surface area contributed by atoms with E-state index in [1.165, 1.54) is 126 Å². The molecule has 4 atom stereocenters. The van der Waals surface area contributed by atoms with Crippen LogP contribution in [0.4, 0.5) is 0 Å². The molecule has 4 aliphatic carbocycles. The third kappa shape index (κ3) is 15.0. The molecule has 0 heterocycles. The second kappa shape index (κ2) is 22.9. The Kier molecular flexibility index (Phi) is 18.6. The van der Waals surface area contributed by atoms with E-state index in [0.717, 1.165) is 48.0 Å². The van der Waals surface area contributed by atoms with Crippen molar-refractivity contribution in [3.63, 3.8) is 0 Å². The molecule has 266 valence electrons. The monoisotopic (exact) mass is 694 g/mol. The first-order valence-electron chi connectivity index (χ1n) is 19.4. The van der Waals surface area contributed by atoms with E-state index in [2.05, 4.69) is 60.4 Å². The Labute approximate surface area is 301 Å². The second-order valence-corrected chi connectivity index (χ2v) is 17.5. The summed E-state index contributed by atoms with van der Waals surface area (Å²) in [5, 5.41) is 1.61. The number of hydrogen-bond donors (Lipinski definition) is 0. The van der Waals surface area contributed by atoms with Gasteiger partial charge in [-0.15, -0.1) is 0 Å². The molecule has 4 aliphatic rings. The van der Waals surface area contributed by atoms with Gasteiger partial charge in [-0.1, -0.05) is 36.8 Å². The lowest BCUT2D eigenvalue weighted by Crippen LogP contribution is -2.30. The van der Waals surface area contributed by atoms with Crippen molar-refractivity contribution < 1.29 is 19.1 Å². The van der Waals surface area contributed by atoms with E-state index in [0.29, 0.717) is 36.9 Å². The lowest BCUT2D eigenvalue weighted by atomic mass is 9.65. The van der Waals surface area contributed by atoms with E-state index in [1.807, 2.05) is 0 Å². The standard InChI is InChI=1S/C42H62O4S2/c1-3-41(43)45-27-7-5-9-29-47-39-23-17-33(18-24-39)11-13-35-15-21-38-32-36(16-22-37(38)31-35)14-12-34-19-25-40(26-20-34)48-30-10-6-8-28-46-42(44)4-2/h3-4,33-40H,1-2,5-10,15-32H2. The second-order valence-electron chi connectivity index (χ2n) is 14.7. The van der Waals surface area contributed by atoms with Crippen molar-refractivity contribution >= 4 is 35.5 Å². The third-order valence-corrected chi connectivity index (χ3v) is 14.0. The molecule has 0 aromatic carbocycles. The summed E-state index contributed by atoms with van der Waals surface area (Å²) in [6, 6.07) is 0. The highest BCUT2D eigenvalue weighted by atomic mass is 32.2. The fourth-order valence-corrected chi connectivity index (χ4v) is 10.7. The Hall–Kier alpha value is -1.76. The van der Waals surface area contributed by atoms with Crippen LogP contribution in [0.1, 0.15) is 128 Å². The molecule has 4 nitrogen and oxygen atoms in total. The lowest BCUT2D eigenvalue weighted by Gasteiger charge is -2.40. The minimum atomic E-state index is -0.312. The molecule has 4 saturated carbocycles. The molecule has 0 amide bonds. The Balaban J connectivity index is 1.02. The minimum Gasteiger partial charge on any atom is -0.463 e. The maximum absolute atomic E-state index is 11.1. The van der Waals surface area contributed by atoms with Crippen LogP contribution in [-0.2, 0) is 19.1 Å². The molecular formula is C42H62O4S2. The largest absolute Gasteiger partial charge is 0.463 e. The van der Waals surface area contributed by atoms with Crippen LogP contribution in [0.15, 0.2) is 25.3 Å². The van der Waals surface area contributed by atoms with Gasteiger partial charge in [0.25, 0.3) is 0 Å². The maximum Gasteiger partial charge on any atom is 0.330 e. The van der Waals surface area contributed by atoms with Gasteiger partial charge >= 0.3 is 11.9 Å². The zero-order chi connectivity index (χ0) is 33.8. The summed E-state index contributed by atoms with van der Waals surface area (Å²) >= 11 is 4.30. The van der Waals surface area contributed by atoms with Crippen LogP contribution < -0.4 is 0 Å². The molecule has 0 aliphatic heterocycles. The number of thioether (sulfide) groups is 2. The van der Waals surface area contributed by atoms with E-state index in [-0.39, 0.29) is 11.9 Å². The SMILES string of the molecule is C=CC(=O)OCCCCCSC1CCC(C#CC2CCC3CC(C#CC4CCC(SCCCCCOC(=O)C=C)CC4)CCC3C2)CC1. The van der Waals surface area contributed by atoms with Gasteiger partial charge < -0.3 is 9.47 Å². The number of carbonyl (C=O) groups is 2. The molecular weight excluding hydrogens is 633 g/mol. The smallest absolute Gasteiger partial charge is 0.330 e. The molecule has 0 N–H and O–H groups in total. The molecule has 4 fully saturated rings. The molecule has 6 heteroatoms. The molecule has 4 unspecified atom stereocenters. The van der Waals surface area contributed by atoms with Gasteiger partial charge in [0.2, 0.25) is 0 Å². The van der Waals surface area contributed by atoms with E-state index in [9.17, 15) is 9.59 Å². The van der Waals surface area contributed by atoms with Crippen LogP contribution in [0.25, 0.3) is 0 Å². The quantitative estimate of drug-likeness (QED) is 0.0694. The number of ether oxygens (including phenoxy) is 2. The van der Waals surface area contributed by atoms with Gasteiger partial charge in [0.15, 0.2) is 0 Å². The summed E-state index contributed by atoms with van der Waals surface area (Å²) in [7, 11) is 0. The Morgan fingerprint density at radius 2 is 0.896 bits per heavy atom. The zero-order valence-electron chi connectivity index (χ0n) is 29.6.